The number of phenolic OH excluding ortho intramolecular Hbond substituents is 1. The zero-order valence-electron chi connectivity index (χ0n) is 12.6. The Bertz CT molecular complexity index is 732. The van der Waals surface area contributed by atoms with Gasteiger partial charge in [0.15, 0.2) is 5.16 Å². The maximum Gasteiger partial charge on any atom is 0.250 e. The van der Waals surface area contributed by atoms with Crippen molar-refractivity contribution in [3.05, 3.63) is 44.8 Å². The van der Waals surface area contributed by atoms with Gasteiger partial charge in [-0.25, -0.2) is 15.4 Å². The predicted octanol–water partition coefficient (Wildman–Crippen LogP) is 2.65. The molecule has 0 bridgehead atoms. The summed E-state index contributed by atoms with van der Waals surface area (Å²) < 4.78 is 0.723. The summed E-state index contributed by atoms with van der Waals surface area (Å²) in [5, 5.41) is 13.9. The molecule has 2 aromatic rings. The molecule has 0 aliphatic carbocycles. The van der Waals surface area contributed by atoms with Crippen LogP contribution in [-0.4, -0.2) is 32.9 Å². The highest BCUT2D eigenvalue weighted by molar-refractivity contribution is 14.1. The van der Waals surface area contributed by atoms with Gasteiger partial charge in [0.05, 0.1) is 15.5 Å². The van der Waals surface area contributed by atoms with E-state index in [-0.39, 0.29) is 17.4 Å². The molecule has 6 nitrogen and oxygen atoms in total. The van der Waals surface area contributed by atoms with E-state index in [4.69, 9.17) is 0 Å². The maximum atomic E-state index is 11.8. The van der Waals surface area contributed by atoms with Crippen LogP contribution in [0.25, 0.3) is 0 Å². The summed E-state index contributed by atoms with van der Waals surface area (Å²) in [5.74, 6) is 0.173. The van der Waals surface area contributed by atoms with Crippen LogP contribution in [0.2, 0.25) is 0 Å². The number of nitrogens with zero attached hydrogens (tertiary/aromatic N) is 3. The molecule has 0 spiro atoms. The third kappa shape index (κ3) is 5.79. The van der Waals surface area contributed by atoms with Crippen molar-refractivity contribution in [3.63, 3.8) is 0 Å². The van der Waals surface area contributed by atoms with Crippen LogP contribution >= 0.6 is 34.4 Å². The van der Waals surface area contributed by atoms with E-state index >= 15 is 0 Å². The van der Waals surface area contributed by atoms with Gasteiger partial charge >= 0.3 is 0 Å². The van der Waals surface area contributed by atoms with Gasteiger partial charge in [-0.3, -0.25) is 4.79 Å². The maximum absolute atomic E-state index is 11.8. The summed E-state index contributed by atoms with van der Waals surface area (Å²) in [5.41, 5.74) is 4.99. The molecule has 1 aromatic heterocycles. The van der Waals surface area contributed by atoms with E-state index in [9.17, 15) is 9.90 Å². The average Bonchev–Trinajstić information content (AvgIpc) is 2.48. The summed E-state index contributed by atoms with van der Waals surface area (Å²) in [6.07, 6.45) is 1.53. The summed E-state index contributed by atoms with van der Waals surface area (Å²) in [4.78, 5) is 20.3. The molecule has 1 amide bonds. The van der Waals surface area contributed by atoms with Crippen molar-refractivity contribution in [2.75, 3.05) is 5.75 Å². The van der Waals surface area contributed by atoms with Crippen LogP contribution < -0.4 is 5.43 Å². The summed E-state index contributed by atoms with van der Waals surface area (Å²) in [6.45, 7) is 3.78. The van der Waals surface area contributed by atoms with Crippen molar-refractivity contribution in [2.24, 2.45) is 5.10 Å². The topological polar surface area (TPSA) is 87.5 Å². The van der Waals surface area contributed by atoms with Gasteiger partial charge in [-0.15, -0.1) is 0 Å². The van der Waals surface area contributed by atoms with Crippen LogP contribution in [0.15, 0.2) is 34.5 Å². The van der Waals surface area contributed by atoms with Crippen LogP contribution in [0.4, 0.5) is 0 Å². The lowest BCUT2D eigenvalue weighted by atomic mass is 10.2. The third-order valence-corrected chi connectivity index (χ3v) is 4.38. The van der Waals surface area contributed by atoms with Gasteiger partial charge in [-0.05, 0) is 66.3 Å². The predicted molar refractivity (Wildman–Crippen MR) is 98.8 cm³/mol. The number of aromatic nitrogens is 2. The lowest BCUT2D eigenvalue weighted by Crippen LogP contribution is -2.19. The van der Waals surface area contributed by atoms with E-state index in [1.54, 1.807) is 18.2 Å². The van der Waals surface area contributed by atoms with Crippen LogP contribution in [-0.2, 0) is 4.79 Å². The highest BCUT2D eigenvalue weighted by atomic mass is 127. The molecule has 0 radical (unpaired) electrons. The number of aryl methyl sites for hydroxylation is 2. The van der Waals surface area contributed by atoms with E-state index in [1.807, 2.05) is 42.5 Å². The summed E-state index contributed by atoms with van der Waals surface area (Å²) >= 11 is 3.29. The number of hydrazone groups is 1. The number of rotatable bonds is 5. The van der Waals surface area contributed by atoms with Crippen LogP contribution in [0, 0.1) is 17.4 Å². The minimum atomic E-state index is -0.234. The number of phenols is 1. The first-order chi connectivity index (χ1) is 10.9. The van der Waals surface area contributed by atoms with Crippen molar-refractivity contribution < 1.29 is 9.90 Å². The van der Waals surface area contributed by atoms with Crippen molar-refractivity contribution in [1.82, 2.24) is 15.4 Å². The second-order valence-electron chi connectivity index (χ2n) is 4.73. The van der Waals surface area contributed by atoms with Crippen LogP contribution in [0.3, 0.4) is 0 Å². The van der Waals surface area contributed by atoms with E-state index < -0.39 is 0 Å². The molecule has 0 saturated carbocycles. The molecule has 1 aromatic carbocycles. The molecule has 120 valence electrons. The highest BCUT2D eigenvalue weighted by Crippen LogP contribution is 2.19. The smallest absolute Gasteiger partial charge is 0.250 e. The second-order valence-corrected chi connectivity index (χ2v) is 6.83. The zero-order chi connectivity index (χ0) is 16.8. The van der Waals surface area contributed by atoms with E-state index in [0.717, 1.165) is 20.5 Å². The van der Waals surface area contributed by atoms with E-state index in [2.05, 4.69) is 20.5 Å². The summed E-state index contributed by atoms with van der Waals surface area (Å²) in [6, 6.07) is 6.95. The molecule has 0 saturated heterocycles. The number of amides is 1. The first kappa shape index (κ1) is 17.7. The van der Waals surface area contributed by atoms with E-state index in [0.29, 0.717) is 5.16 Å². The van der Waals surface area contributed by atoms with Crippen molar-refractivity contribution in [2.45, 2.75) is 19.0 Å². The standard InChI is InChI=1S/C15H15IN4O2S/c1-9-5-10(2)19-15(18-9)23-8-14(22)20-17-7-11-3-4-13(21)12(16)6-11/h3-7,21H,8H2,1-2H3,(H,20,22)/b17-7-. The van der Waals surface area contributed by atoms with Crippen molar-refractivity contribution >= 4 is 46.5 Å². The molecule has 0 aliphatic rings. The Labute approximate surface area is 152 Å². The Balaban J connectivity index is 1.85. The van der Waals surface area contributed by atoms with Crippen molar-refractivity contribution in [1.29, 1.82) is 0 Å². The summed E-state index contributed by atoms with van der Waals surface area (Å²) in [7, 11) is 0. The third-order valence-electron chi connectivity index (χ3n) is 2.67. The van der Waals surface area contributed by atoms with E-state index in [1.165, 1.54) is 18.0 Å². The van der Waals surface area contributed by atoms with Gasteiger partial charge < -0.3 is 5.11 Å². The fourth-order valence-electron chi connectivity index (χ4n) is 1.70. The van der Waals surface area contributed by atoms with Gasteiger partial charge in [0.1, 0.15) is 5.75 Å². The first-order valence-corrected chi connectivity index (χ1v) is 8.76. The fourth-order valence-corrected chi connectivity index (χ4v) is 2.98. The molecule has 8 heteroatoms. The number of benzene rings is 1. The Hall–Kier alpha value is -1.68. The Kier molecular flexibility index (Phi) is 6.34. The Morgan fingerprint density at radius 3 is 2.70 bits per heavy atom. The molecule has 2 rings (SSSR count). The van der Waals surface area contributed by atoms with Gasteiger partial charge in [-0.1, -0.05) is 11.8 Å². The number of nitrogens with one attached hydrogen (secondary N) is 1. The largest absolute Gasteiger partial charge is 0.507 e. The molecule has 0 atom stereocenters. The molecule has 0 unspecified atom stereocenters. The van der Waals surface area contributed by atoms with Crippen LogP contribution in [0.1, 0.15) is 17.0 Å². The van der Waals surface area contributed by atoms with Gasteiger partial charge in [0, 0.05) is 11.4 Å². The minimum Gasteiger partial charge on any atom is -0.507 e. The van der Waals surface area contributed by atoms with Gasteiger partial charge in [-0.2, -0.15) is 5.10 Å². The number of thioether (sulfide) groups is 1. The molecule has 0 fully saturated rings. The Morgan fingerprint density at radius 1 is 1.35 bits per heavy atom. The normalized spacial score (nSPS) is 10.9. The number of carbonyl (C=O) groups excluding carboxylic acids is 1. The second kappa shape index (κ2) is 8.25. The average molecular weight is 442 g/mol. The molecule has 23 heavy (non-hydrogen) atoms. The van der Waals surface area contributed by atoms with Crippen LogP contribution in [0.5, 0.6) is 5.75 Å². The fraction of sp³-hybridized carbons (Fsp3) is 0.200. The SMILES string of the molecule is Cc1cc(C)nc(SCC(=O)N/N=C\c2ccc(O)c(I)c2)n1. The Morgan fingerprint density at radius 2 is 2.04 bits per heavy atom. The lowest BCUT2D eigenvalue weighted by molar-refractivity contribution is -0.118. The van der Waals surface area contributed by atoms with Gasteiger partial charge in [0.2, 0.25) is 0 Å². The number of hydrogen-bond donors (Lipinski definition) is 2. The van der Waals surface area contributed by atoms with Gasteiger partial charge in [0.25, 0.3) is 5.91 Å². The quantitative estimate of drug-likeness (QED) is 0.245. The zero-order valence-corrected chi connectivity index (χ0v) is 15.6. The number of hydrogen-bond acceptors (Lipinski definition) is 6. The molecule has 1 heterocycles. The lowest BCUT2D eigenvalue weighted by Gasteiger charge is -2.02. The molecule has 2 N–H and O–H groups in total. The number of carbonyl (C=O) groups is 1. The molecular formula is C15H15IN4O2S. The molecule has 0 aliphatic heterocycles. The minimum absolute atomic E-state index is 0.188. The first-order valence-electron chi connectivity index (χ1n) is 6.69. The van der Waals surface area contributed by atoms with Crippen molar-refractivity contribution in [3.8, 4) is 5.75 Å². The molecular weight excluding hydrogens is 427 g/mol. The number of aromatic hydroxyl groups is 1. The monoisotopic (exact) mass is 442 g/mol. The number of halogens is 1. The highest BCUT2D eigenvalue weighted by Gasteiger charge is 2.05.